The van der Waals surface area contributed by atoms with Crippen LogP contribution >= 0.6 is 0 Å². The summed E-state index contributed by atoms with van der Waals surface area (Å²) in [5.74, 6) is -0.886. The molecule has 0 saturated heterocycles. The number of ether oxygens (including phenoxy) is 1. The minimum Gasteiger partial charge on any atom is -0.449 e. The van der Waals surface area contributed by atoms with E-state index in [0.717, 1.165) is 12.0 Å². The number of hydrogen-bond donors (Lipinski definition) is 1. The molecule has 0 saturated carbocycles. The predicted molar refractivity (Wildman–Crippen MR) is 102 cm³/mol. The number of non-ortho nitro benzene ring substituents is 1. The maximum atomic E-state index is 12.4. The quantitative estimate of drug-likeness (QED) is 0.445. The molecule has 2 aromatic rings. The first-order valence-electron chi connectivity index (χ1n) is 8.68. The van der Waals surface area contributed by atoms with Gasteiger partial charge >= 0.3 is 5.97 Å². The Labute approximate surface area is 157 Å². The Morgan fingerprint density at radius 3 is 2.33 bits per heavy atom. The summed E-state index contributed by atoms with van der Waals surface area (Å²) in [4.78, 5) is 34.7. The Morgan fingerprint density at radius 1 is 1.11 bits per heavy atom. The molecule has 0 unspecified atom stereocenters. The van der Waals surface area contributed by atoms with Crippen LogP contribution in [0.25, 0.3) is 0 Å². The van der Waals surface area contributed by atoms with Crippen LogP contribution in [-0.2, 0) is 9.53 Å². The van der Waals surface area contributed by atoms with E-state index < -0.39 is 22.9 Å². The van der Waals surface area contributed by atoms with E-state index in [1.54, 1.807) is 0 Å². The molecular weight excluding hydrogens is 348 g/mol. The minimum absolute atomic E-state index is 0.126. The second kappa shape index (κ2) is 8.93. The van der Waals surface area contributed by atoms with E-state index in [0.29, 0.717) is 5.69 Å². The predicted octanol–water partition coefficient (Wildman–Crippen LogP) is 4.29. The van der Waals surface area contributed by atoms with E-state index in [-0.39, 0.29) is 17.2 Å². The van der Waals surface area contributed by atoms with Gasteiger partial charge in [-0.3, -0.25) is 14.9 Å². The number of hydrogen-bond acceptors (Lipinski definition) is 5. The van der Waals surface area contributed by atoms with Gasteiger partial charge in [-0.15, -0.1) is 0 Å². The zero-order chi connectivity index (χ0) is 20.0. The molecule has 0 aliphatic rings. The normalized spacial score (nSPS) is 12.7. The average Bonchev–Trinajstić information content (AvgIpc) is 2.67. The van der Waals surface area contributed by atoms with Gasteiger partial charge in [0.1, 0.15) is 0 Å². The summed E-state index contributed by atoms with van der Waals surface area (Å²) in [6.45, 7) is 5.62. The molecule has 142 valence electrons. The van der Waals surface area contributed by atoms with Gasteiger partial charge in [0.15, 0.2) is 6.10 Å². The molecule has 0 spiro atoms. The third-order valence-electron chi connectivity index (χ3n) is 4.33. The van der Waals surface area contributed by atoms with Crippen LogP contribution in [0.5, 0.6) is 0 Å². The number of benzene rings is 2. The van der Waals surface area contributed by atoms with Crippen LogP contribution < -0.4 is 5.32 Å². The number of nitrogens with one attached hydrogen (secondary N) is 1. The third kappa shape index (κ3) is 5.13. The van der Waals surface area contributed by atoms with Gasteiger partial charge in [0, 0.05) is 17.8 Å². The Morgan fingerprint density at radius 2 is 1.74 bits per heavy atom. The molecule has 27 heavy (non-hydrogen) atoms. The number of nitro groups is 1. The van der Waals surface area contributed by atoms with E-state index in [4.69, 9.17) is 4.74 Å². The maximum absolute atomic E-state index is 12.4. The van der Waals surface area contributed by atoms with E-state index in [1.165, 1.54) is 31.2 Å². The molecule has 7 heteroatoms. The lowest BCUT2D eigenvalue weighted by atomic mass is 9.97. The van der Waals surface area contributed by atoms with Gasteiger partial charge in [-0.1, -0.05) is 32.0 Å². The van der Waals surface area contributed by atoms with Gasteiger partial charge < -0.3 is 10.1 Å². The highest BCUT2D eigenvalue weighted by atomic mass is 16.6. The fourth-order valence-electron chi connectivity index (χ4n) is 2.50. The average molecular weight is 370 g/mol. The van der Waals surface area contributed by atoms with Gasteiger partial charge in [-0.2, -0.15) is 0 Å². The number of anilines is 1. The number of para-hydroxylation sites is 1. The Hall–Kier alpha value is -3.22. The molecule has 0 bridgehead atoms. The van der Waals surface area contributed by atoms with Crippen molar-refractivity contribution in [2.24, 2.45) is 0 Å². The highest BCUT2D eigenvalue weighted by molar-refractivity contribution is 5.97. The highest BCUT2D eigenvalue weighted by Gasteiger charge is 2.21. The first kappa shape index (κ1) is 20.1. The summed E-state index contributed by atoms with van der Waals surface area (Å²) in [7, 11) is 0. The summed E-state index contributed by atoms with van der Waals surface area (Å²) in [5, 5.41) is 13.5. The molecule has 0 fully saturated rings. The molecule has 7 nitrogen and oxygen atoms in total. The van der Waals surface area contributed by atoms with E-state index in [2.05, 4.69) is 19.2 Å². The van der Waals surface area contributed by atoms with Gasteiger partial charge in [-0.25, -0.2) is 4.79 Å². The fourth-order valence-corrected chi connectivity index (χ4v) is 2.50. The van der Waals surface area contributed by atoms with Crippen molar-refractivity contribution in [1.82, 2.24) is 0 Å². The molecule has 2 rings (SSSR count). The maximum Gasteiger partial charge on any atom is 0.338 e. The largest absolute Gasteiger partial charge is 0.449 e. The zero-order valence-electron chi connectivity index (χ0n) is 15.5. The van der Waals surface area contributed by atoms with Crippen LogP contribution in [0.4, 0.5) is 11.4 Å². The lowest BCUT2D eigenvalue weighted by molar-refractivity contribution is -0.384. The first-order chi connectivity index (χ1) is 12.8. The van der Waals surface area contributed by atoms with Crippen LogP contribution in [0.15, 0.2) is 48.5 Å². The van der Waals surface area contributed by atoms with E-state index >= 15 is 0 Å². The Balaban J connectivity index is 2.03. The fraction of sp³-hybridized carbons (Fsp3) is 0.300. The minimum atomic E-state index is -1.02. The topological polar surface area (TPSA) is 98.5 Å². The molecule has 0 aromatic heterocycles. The smallest absolute Gasteiger partial charge is 0.338 e. The first-order valence-corrected chi connectivity index (χ1v) is 8.68. The molecule has 0 aliphatic carbocycles. The lowest BCUT2D eigenvalue weighted by Crippen LogP contribution is -2.30. The van der Waals surface area contributed by atoms with Gasteiger partial charge in [0.05, 0.1) is 10.5 Å². The van der Waals surface area contributed by atoms with Crippen molar-refractivity contribution in [1.29, 1.82) is 0 Å². The number of esters is 1. The molecule has 1 amide bonds. The zero-order valence-corrected chi connectivity index (χ0v) is 15.5. The second-order valence-electron chi connectivity index (χ2n) is 6.24. The SMILES string of the molecule is CC[C@@H](C)c1ccccc1NC(=O)[C@@H](C)OC(=O)c1ccc([N+](=O)[O-])cc1. The van der Waals surface area contributed by atoms with Crippen LogP contribution in [0.1, 0.15) is 49.0 Å². The summed E-state index contributed by atoms with van der Waals surface area (Å²) < 4.78 is 5.18. The number of nitro benzene ring substituents is 1. The highest BCUT2D eigenvalue weighted by Crippen LogP contribution is 2.26. The van der Waals surface area contributed by atoms with Crippen molar-refractivity contribution in [3.05, 3.63) is 69.8 Å². The van der Waals surface area contributed by atoms with Crippen molar-refractivity contribution >= 4 is 23.3 Å². The van der Waals surface area contributed by atoms with Crippen molar-refractivity contribution in [3.8, 4) is 0 Å². The van der Waals surface area contributed by atoms with Crippen LogP contribution in [0.3, 0.4) is 0 Å². The summed E-state index contributed by atoms with van der Waals surface area (Å²) in [6.07, 6.45) is -0.0879. The molecular formula is C20H22N2O5. The van der Waals surface area contributed by atoms with Crippen molar-refractivity contribution in [3.63, 3.8) is 0 Å². The lowest BCUT2D eigenvalue weighted by Gasteiger charge is -2.18. The van der Waals surface area contributed by atoms with Crippen LogP contribution in [0, 0.1) is 10.1 Å². The monoisotopic (exact) mass is 370 g/mol. The molecule has 0 radical (unpaired) electrons. The van der Waals surface area contributed by atoms with Gasteiger partial charge in [-0.05, 0) is 43.0 Å². The molecule has 2 aromatic carbocycles. The molecule has 1 N–H and O–H groups in total. The van der Waals surface area contributed by atoms with Crippen molar-refractivity contribution < 1.29 is 19.2 Å². The molecule has 0 aliphatic heterocycles. The van der Waals surface area contributed by atoms with E-state index in [9.17, 15) is 19.7 Å². The Kier molecular flexibility index (Phi) is 6.65. The molecule has 2 atom stereocenters. The number of carbonyl (C=O) groups is 2. The summed E-state index contributed by atoms with van der Waals surface area (Å²) in [5.41, 5.74) is 1.72. The number of amides is 1. The Bertz CT molecular complexity index is 833. The van der Waals surface area contributed by atoms with Crippen LogP contribution in [-0.4, -0.2) is 22.9 Å². The van der Waals surface area contributed by atoms with Crippen LogP contribution in [0.2, 0.25) is 0 Å². The third-order valence-corrected chi connectivity index (χ3v) is 4.33. The number of carbonyl (C=O) groups excluding carboxylic acids is 2. The van der Waals surface area contributed by atoms with Gasteiger partial charge in [0.2, 0.25) is 0 Å². The summed E-state index contributed by atoms with van der Waals surface area (Å²) in [6, 6.07) is 12.5. The van der Waals surface area contributed by atoms with Crippen molar-refractivity contribution in [2.45, 2.75) is 39.2 Å². The number of nitrogens with zero attached hydrogens (tertiary/aromatic N) is 1. The second-order valence-corrected chi connectivity index (χ2v) is 6.24. The van der Waals surface area contributed by atoms with Gasteiger partial charge in [0.25, 0.3) is 11.6 Å². The molecule has 0 heterocycles. The van der Waals surface area contributed by atoms with Crippen molar-refractivity contribution in [2.75, 3.05) is 5.32 Å². The standard InChI is InChI=1S/C20H22N2O5/c1-4-13(2)17-7-5-6-8-18(17)21-19(23)14(3)27-20(24)15-9-11-16(12-10-15)22(25)26/h5-14H,4H2,1-3H3,(H,21,23)/t13-,14-/m1/s1. The summed E-state index contributed by atoms with van der Waals surface area (Å²) >= 11 is 0. The number of rotatable bonds is 7. The van der Waals surface area contributed by atoms with E-state index in [1.807, 2.05) is 24.3 Å².